The van der Waals surface area contributed by atoms with Gasteiger partial charge in [-0.2, -0.15) is 0 Å². The van der Waals surface area contributed by atoms with Gasteiger partial charge < -0.3 is 9.84 Å². The summed E-state index contributed by atoms with van der Waals surface area (Å²) >= 11 is 0. The van der Waals surface area contributed by atoms with Gasteiger partial charge in [0.25, 0.3) is 0 Å². The highest BCUT2D eigenvalue weighted by molar-refractivity contribution is 5.86. The number of ether oxygens (including phenoxy) is 1. The van der Waals surface area contributed by atoms with E-state index in [4.69, 9.17) is 4.74 Å². The maximum absolute atomic E-state index is 10.4. The molecule has 1 heterocycles. The molecule has 0 unspecified atom stereocenters. The minimum absolute atomic E-state index is 0.276. The third-order valence-corrected chi connectivity index (χ3v) is 3.76. The van der Waals surface area contributed by atoms with Crippen LogP contribution in [-0.4, -0.2) is 10.7 Å². The van der Waals surface area contributed by atoms with Crippen molar-refractivity contribution in [1.82, 2.24) is 0 Å². The summed E-state index contributed by atoms with van der Waals surface area (Å²) in [5.41, 5.74) is 3.63. The summed E-state index contributed by atoms with van der Waals surface area (Å²) in [6, 6.07) is 13.9. The summed E-state index contributed by atoms with van der Waals surface area (Å²) in [6.07, 6.45) is 2.96. The Morgan fingerprint density at radius 3 is 2.52 bits per heavy atom. The Kier molecular flexibility index (Phi) is 3.25. The molecule has 0 atom stereocenters. The van der Waals surface area contributed by atoms with Crippen LogP contribution in [0.1, 0.15) is 37.0 Å². The van der Waals surface area contributed by atoms with Gasteiger partial charge in [0.2, 0.25) is 0 Å². The van der Waals surface area contributed by atoms with Gasteiger partial charge in [-0.3, -0.25) is 0 Å². The van der Waals surface area contributed by atoms with Crippen LogP contribution in [0.25, 0.3) is 5.57 Å². The molecular weight excluding hydrogens is 260 g/mol. The minimum Gasteiger partial charge on any atom is -0.507 e. The molecule has 1 aliphatic rings. The molecule has 0 radical (unpaired) electrons. The summed E-state index contributed by atoms with van der Waals surface area (Å²) in [6.45, 7) is 6.11. The zero-order valence-electron chi connectivity index (χ0n) is 12.7. The van der Waals surface area contributed by atoms with Crippen molar-refractivity contribution in [3.05, 3.63) is 65.2 Å². The highest BCUT2D eigenvalue weighted by Gasteiger charge is 2.27. The Balaban J connectivity index is 2.25. The molecule has 0 spiro atoms. The second kappa shape index (κ2) is 4.96. The van der Waals surface area contributed by atoms with Crippen LogP contribution in [-0.2, 0) is 0 Å². The van der Waals surface area contributed by atoms with E-state index in [0.29, 0.717) is 0 Å². The first-order chi connectivity index (χ1) is 9.96. The molecule has 2 aromatic rings. The Hall–Kier alpha value is -2.22. The van der Waals surface area contributed by atoms with E-state index in [1.165, 1.54) is 0 Å². The molecule has 0 saturated heterocycles. The number of rotatable bonds is 1. The van der Waals surface area contributed by atoms with Crippen LogP contribution in [0.2, 0.25) is 0 Å². The molecule has 0 amide bonds. The highest BCUT2D eigenvalue weighted by atomic mass is 16.5. The van der Waals surface area contributed by atoms with Crippen molar-refractivity contribution in [2.24, 2.45) is 0 Å². The molecular formula is C19H20O2. The lowest BCUT2D eigenvalue weighted by Crippen LogP contribution is -2.26. The first-order valence-electron chi connectivity index (χ1n) is 7.25. The summed E-state index contributed by atoms with van der Waals surface area (Å²) in [4.78, 5) is 0. The minimum atomic E-state index is -0.286. The molecule has 0 bridgehead atoms. The quantitative estimate of drug-likeness (QED) is 0.821. The van der Waals surface area contributed by atoms with Gasteiger partial charge in [-0.25, -0.2) is 0 Å². The van der Waals surface area contributed by atoms with E-state index in [0.717, 1.165) is 34.4 Å². The number of aryl methyl sites for hydroxylation is 1. The van der Waals surface area contributed by atoms with Crippen LogP contribution in [0, 0.1) is 6.92 Å². The van der Waals surface area contributed by atoms with E-state index in [9.17, 15) is 5.11 Å². The number of aromatic hydroxyl groups is 1. The van der Waals surface area contributed by atoms with Crippen molar-refractivity contribution in [3.63, 3.8) is 0 Å². The average Bonchev–Trinajstić information content (AvgIpc) is 2.55. The van der Waals surface area contributed by atoms with Gasteiger partial charge in [0.15, 0.2) is 0 Å². The van der Waals surface area contributed by atoms with E-state index < -0.39 is 0 Å². The van der Waals surface area contributed by atoms with E-state index >= 15 is 0 Å². The van der Waals surface area contributed by atoms with Gasteiger partial charge in [-0.1, -0.05) is 36.4 Å². The lowest BCUT2D eigenvalue weighted by Gasteiger charge is -2.24. The first-order valence-corrected chi connectivity index (χ1v) is 7.25. The molecule has 2 heteroatoms. The lowest BCUT2D eigenvalue weighted by atomic mass is 9.94. The molecule has 0 aromatic heterocycles. The van der Waals surface area contributed by atoms with Crippen LogP contribution < -0.4 is 4.74 Å². The monoisotopic (exact) mass is 280 g/mol. The van der Waals surface area contributed by atoms with E-state index in [-0.39, 0.29) is 11.4 Å². The normalized spacial score (nSPS) is 16.4. The standard InChI is InChI=1S/C19H20O2/c1-13-11-16(20)18-15(14-7-5-4-6-8-14)9-10-19(2,3)21-17(18)12-13/h4-9,11-12,20H,10H2,1-3H3. The van der Waals surface area contributed by atoms with Gasteiger partial charge in [0, 0.05) is 6.42 Å². The molecule has 0 saturated carbocycles. The Bertz CT molecular complexity index is 697. The third-order valence-electron chi connectivity index (χ3n) is 3.76. The summed E-state index contributed by atoms with van der Waals surface area (Å²) < 4.78 is 6.15. The van der Waals surface area contributed by atoms with Crippen LogP contribution in [0.3, 0.4) is 0 Å². The maximum atomic E-state index is 10.4. The zero-order chi connectivity index (χ0) is 15.0. The Morgan fingerprint density at radius 2 is 1.81 bits per heavy atom. The number of fused-ring (bicyclic) bond motifs is 1. The zero-order valence-corrected chi connectivity index (χ0v) is 12.7. The fraction of sp³-hybridized carbons (Fsp3) is 0.263. The Morgan fingerprint density at radius 1 is 1.10 bits per heavy atom. The van der Waals surface area contributed by atoms with E-state index in [2.05, 4.69) is 32.1 Å². The summed E-state index contributed by atoms with van der Waals surface area (Å²) in [7, 11) is 0. The first kappa shape index (κ1) is 13.7. The SMILES string of the molecule is Cc1cc(O)c2c(c1)OC(C)(C)CC=C2c1ccccc1. The van der Waals surface area contributed by atoms with Crippen molar-refractivity contribution in [1.29, 1.82) is 0 Å². The van der Waals surface area contributed by atoms with Gasteiger partial charge in [0.05, 0.1) is 5.56 Å². The number of hydrogen-bond donors (Lipinski definition) is 1. The van der Waals surface area contributed by atoms with E-state index in [1.807, 2.05) is 31.2 Å². The molecule has 108 valence electrons. The van der Waals surface area contributed by atoms with Crippen molar-refractivity contribution < 1.29 is 9.84 Å². The summed E-state index contributed by atoms with van der Waals surface area (Å²) in [5, 5.41) is 10.4. The van der Waals surface area contributed by atoms with Crippen LogP contribution in [0.5, 0.6) is 11.5 Å². The molecule has 21 heavy (non-hydrogen) atoms. The smallest absolute Gasteiger partial charge is 0.131 e. The largest absolute Gasteiger partial charge is 0.507 e. The fourth-order valence-corrected chi connectivity index (χ4v) is 2.76. The number of phenolic OH excluding ortho intramolecular Hbond substituents is 1. The highest BCUT2D eigenvalue weighted by Crippen LogP contribution is 2.43. The van der Waals surface area contributed by atoms with Crippen LogP contribution in [0.15, 0.2) is 48.5 Å². The van der Waals surface area contributed by atoms with Gasteiger partial charge in [0.1, 0.15) is 17.1 Å². The molecule has 0 aliphatic carbocycles. The predicted octanol–water partition coefficient (Wildman–Crippen LogP) is 4.69. The number of phenols is 1. The van der Waals surface area contributed by atoms with Gasteiger partial charge in [-0.15, -0.1) is 0 Å². The molecule has 2 nitrogen and oxygen atoms in total. The number of benzene rings is 2. The van der Waals surface area contributed by atoms with Gasteiger partial charge >= 0.3 is 0 Å². The second-order valence-electron chi connectivity index (χ2n) is 6.21. The Labute approximate surface area is 125 Å². The summed E-state index contributed by atoms with van der Waals surface area (Å²) in [5.74, 6) is 1.03. The fourth-order valence-electron chi connectivity index (χ4n) is 2.76. The van der Waals surface area contributed by atoms with Crippen molar-refractivity contribution in [2.45, 2.75) is 32.8 Å². The van der Waals surface area contributed by atoms with Gasteiger partial charge in [-0.05, 0) is 49.6 Å². The number of hydrogen-bond acceptors (Lipinski definition) is 2. The molecule has 1 N–H and O–H groups in total. The topological polar surface area (TPSA) is 29.5 Å². The van der Waals surface area contributed by atoms with Crippen molar-refractivity contribution in [2.75, 3.05) is 0 Å². The van der Waals surface area contributed by atoms with Crippen molar-refractivity contribution in [3.8, 4) is 11.5 Å². The second-order valence-corrected chi connectivity index (χ2v) is 6.21. The molecule has 0 fully saturated rings. The average molecular weight is 280 g/mol. The van der Waals surface area contributed by atoms with E-state index in [1.54, 1.807) is 6.07 Å². The molecule has 3 rings (SSSR count). The predicted molar refractivity (Wildman–Crippen MR) is 85.7 cm³/mol. The molecule has 2 aromatic carbocycles. The third kappa shape index (κ3) is 2.66. The molecule has 1 aliphatic heterocycles. The van der Waals surface area contributed by atoms with Crippen LogP contribution in [0.4, 0.5) is 0 Å². The lowest BCUT2D eigenvalue weighted by molar-refractivity contribution is 0.114. The van der Waals surface area contributed by atoms with Crippen LogP contribution >= 0.6 is 0 Å². The maximum Gasteiger partial charge on any atom is 0.131 e. The van der Waals surface area contributed by atoms with Crippen molar-refractivity contribution >= 4 is 5.57 Å².